The van der Waals surface area contributed by atoms with Crippen LogP contribution in [0.2, 0.25) is 0 Å². The average Bonchev–Trinajstić information content (AvgIpc) is 3.10. The minimum atomic E-state index is 0.250. The topological polar surface area (TPSA) is 41.5 Å². The van der Waals surface area contributed by atoms with E-state index in [4.69, 9.17) is 11.6 Å². The normalized spacial score (nSPS) is 22.3. The number of rotatable bonds is 10. The number of carbonyl (C=O) groups is 1. The molecule has 1 N–H and O–H groups in total. The molecule has 1 saturated carbocycles. The third-order valence-electron chi connectivity index (χ3n) is 10.6. The molecule has 0 radical (unpaired) electrons. The lowest BCUT2D eigenvalue weighted by atomic mass is 9.59. The molecule has 49 heavy (non-hydrogen) atoms. The molecule has 280 valence electrons. The number of aliphatic imine (C=N–C) groups is 1. The van der Waals surface area contributed by atoms with E-state index in [9.17, 15) is 4.79 Å². The van der Waals surface area contributed by atoms with Gasteiger partial charge >= 0.3 is 0 Å². The first-order chi connectivity index (χ1) is 23.0. The predicted molar refractivity (Wildman–Crippen MR) is 222 cm³/mol. The second-order valence-electron chi connectivity index (χ2n) is 15.4. The van der Waals surface area contributed by atoms with Crippen LogP contribution in [0.15, 0.2) is 64.2 Å². The number of hydrogen-bond donors (Lipinski definition) is 1. The number of allylic oxidation sites excluding steroid dienone is 8. The number of nitrogens with zero attached hydrogens (tertiary/aromatic N) is 1. The smallest absolute Gasteiger partial charge is 0.220 e. The second-order valence-corrected chi connectivity index (χ2v) is 16.0. The fourth-order valence-electron chi connectivity index (χ4n) is 6.44. The van der Waals surface area contributed by atoms with Crippen molar-refractivity contribution in [2.45, 2.75) is 160 Å². The fraction of sp³-hybridized carbons (Fsp3) is 0.689. The summed E-state index contributed by atoms with van der Waals surface area (Å²) in [6, 6.07) is 0. The maximum Gasteiger partial charge on any atom is 0.220 e. The molecule has 1 unspecified atom stereocenters. The van der Waals surface area contributed by atoms with Gasteiger partial charge in [0.05, 0.1) is 5.17 Å². The Hall–Kier alpha value is -2.31. The Morgan fingerprint density at radius 3 is 2.00 bits per heavy atom. The molecular formula is C45H77ClN2O. The molecule has 4 heteroatoms. The standard InChI is InChI=1S/C20H32.C14H27NO.C6H10.C3H6ClN.C2H2/c1-8-14(2)11-16-13-18-17(12-15(16)3)19(4,5)9-10-20(18,6)7;1-3-5-6-14(16)15-11-13-9-7-12(4-2)8-10-13;1-4-6(3)5-2;1-3(4)5-2;1-2/h8,13,15H,9-12H2,1-7H3;12-13H,3-11H2,1-2H3,(H,15,16);4H,1,3,5H2,2H3;1-2H3;1-2H/b14-8+;;;;. The Balaban J connectivity index is 0. The highest BCUT2D eigenvalue weighted by Gasteiger charge is 2.40. The Labute approximate surface area is 310 Å². The largest absolute Gasteiger partial charge is 0.356 e. The summed E-state index contributed by atoms with van der Waals surface area (Å²) in [4.78, 5) is 15.0. The molecule has 1 amide bonds. The van der Waals surface area contributed by atoms with Crippen molar-refractivity contribution in [2.75, 3.05) is 13.6 Å². The van der Waals surface area contributed by atoms with Crippen LogP contribution in [0.25, 0.3) is 0 Å². The number of halogens is 1. The molecule has 0 aromatic heterocycles. The first kappa shape index (κ1) is 48.8. The third-order valence-corrected chi connectivity index (χ3v) is 10.8. The first-order valence-corrected chi connectivity index (χ1v) is 19.4. The molecule has 0 heterocycles. The predicted octanol–water partition coefficient (Wildman–Crippen LogP) is 13.6. The summed E-state index contributed by atoms with van der Waals surface area (Å²) in [5.41, 5.74) is 8.41. The maximum absolute atomic E-state index is 11.5. The molecule has 1 fully saturated rings. The maximum atomic E-state index is 11.5. The lowest BCUT2D eigenvalue weighted by molar-refractivity contribution is -0.121. The van der Waals surface area contributed by atoms with E-state index in [2.05, 4.69) is 118 Å². The number of nitrogens with one attached hydrogen (secondary N) is 1. The minimum Gasteiger partial charge on any atom is -0.356 e. The van der Waals surface area contributed by atoms with E-state index in [-0.39, 0.29) is 5.91 Å². The van der Waals surface area contributed by atoms with Crippen LogP contribution in [0, 0.1) is 41.4 Å². The van der Waals surface area contributed by atoms with E-state index >= 15 is 0 Å². The molecule has 0 bridgehead atoms. The summed E-state index contributed by atoms with van der Waals surface area (Å²) in [5.74, 6) is 2.65. The average molecular weight is 698 g/mol. The van der Waals surface area contributed by atoms with E-state index in [1.54, 1.807) is 36.8 Å². The van der Waals surface area contributed by atoms with Gasteiger partial charge in [0, 0.05) is 20.0 Å². The molecule has 3 aliphatic carbocycles. The summed E-state index contributed by atoms with van der Waals surface area (Å²) in [7, 11) is 1.66. The van der Waals surface area contributed by atoms with Gasteiger partial charge in [-0.3, -0.25) is 9.79 Å². The van der Waals surface area contributed by atoms with Crippen LogP contribution in [-0.4, -0.2) is 24.7 Å². The van der Waals surface area contributed by atoms with Gasteiger partial charge in [-0.05, 0) is 106 Å². The first-order valence-electron chi connectivity index (χ1n) is 19.1. The molecule has 3 rings (SSSR count). The highest BCUT2D eigenvalue weighted by Crippen LogP contribution is 2.54. The van der Waals surface area contributed by atoms with Gasteiger partial charge in [0.25, 0.3) is 0 Å². The Morgan fingerprint density at radius 2 is 1.57 bits per heavy atom. The Morgan fingerprint density at radius 1 is 1.04 bits per heavy atom. The monoisotopic (exact) mass is 697 g/mol. The lowest BCUT2D eigenvalue weighted by Gasteiger charge is -2.46. The minimum absolute atomic E-state index is 0.250. The summed E-state index contributed by atoms with van der Waals surface area (Å²) < 4.78 is 0. The summed E-state index contributed by atoms with van der Waals surface area (Å²) in [6.07, 6.45) is 30.2. The van der Waals surface area contributed by atoms with E-state index in [0.29, 0.717) is 28.3 Å². The van der Waals surface area contributed by atoms with Gasteiger partial charge in [0.2, 0.25) is 5.91 Å². The quantitative estimate of drug-likeness (QED) is 0.105. The van der Waals surface area contributed by atoms with Gasteiger partial charge in [-0.15, -0.1) is 12.8 Å². The number of hydrogen-bond acceptors (Lipinski definition) is 2. The molecule has 1 atom stereocenters. The van der Waals surface area contributed by atoms with Crippen LogP contribution in [0.1, 0.15) is 160 Å². The second kappa shape index (κ2) is 26.5. The Bertz CT molecular complexity index is 1120. The van der Waals surface area contributed by atoms with E-state index in [1.165, 1.54) is 56.9 Å². The summed E-state index contributed by atoms with van der Waals surface area (Å²) in [5, 5.41) is 3.68. The molecular weight excluding hydrogens is 620 g/mol. The van der Waals surface area contributed by atoms with Gasteiger partial charge in [0.15, 0.2) is 0 Å². The zero-order valence-electron chi connectivity index (χ0n) is 34.2. The molecule has 0 saturated heterocycles. The van der Waals surface area contributed by atoms with Crippen molar-refractivity contribution in [1.29, 1.82) is 0 Å². The lowest BCUT2D eigenvalue weighted by Crippen LogP contribution is -2.33. The zero-order valence-corrected chi connectivity index (χ0v) is 34.9. The number of unbranched alkanes of at least 4 members (excludes halogenated alkanes) is 1. The van der Waals surface area contributed by atoms with Crippen LogP contribution in [0.4, 0.5) is 0 Å². The summed E-state index contributed by atoms with van der Waals surface area (Å²) >= 11 is 5.21. The third kappa shape index (κ3) is 20.2. The van der Waals surface area contributed by atoms with Gasteiger partial charge in [-0.1, -0.05) is 146 Å². The number of carbonyl (C=O) groups excluding carboxylic acids is 1. The summed E-state index contributed by atoms with van der Waals surface area (Å²) in [6.45, 7) is 32.9. The van der Waals surface area contributed by atoms with E-state index in [0.717, 1.165) is 49.6 Å². The molecule has 0 aromatic rings. The van der Waals surface area contributed by atoms with E-state index in [1.807, 2.05) is 0 Å². The zero-order chi connectivity index (χ0) is 38.2. The van der Waals surface area contributed by atoms with Crippen molar-refractivity contribution in [2.24, 2.45) is 33.6 Å². The van der Waals surface area contributed by atoms with Crippen molar-refractivity contribution < 1.29 is 4.79 Å². The highest BCUT2D eigenvalue weighted by molar-refractivity contribution is 6.64. The SMILES string of the molecule is C#C.C/C=C(\C)CC1=CC2=C(CC1C)C(C)(C)CCC2(C)C.C=CC(=C)CC.CCCCC(=O)NCC1CCC(CC)CC1.CN=C(C)Cl. The Kier molecular flexibility index (Phi) is 26.4. The van der Waals surface area contributed by atoms with E-state index < -0.39 is 0 Å². The van der Waals surface area contributed by atoms with Crippen molar-refractivity contribution in [3.05, 3.63) is 59.3 Å². The van der Waals surface area contributed by atoms with Crippen LogP contribution in [0.3, 0.4) is 0 Å². The number of terminal acetylenes is 1. The van der Waals surface area contributed by atoms with Crippen molar-refractivity contribution in [3.63, 3.8) is 0 Å². The molecule has 0 aliphatic heterocycles. The van der Waals surface area contributed by atoms with Gasteiger partial charge in [0.1, 0.15) is 0 Å². The van der Waals surface area contributed by atoms with Crippen molar-refractivity contribution in [3.8, 4) is 12.8 Å². The van der Waals surface area contributed by atoms with Crippen LogP contribution < -0.4 is 5.32 Å². The van der Waals surface area contributed by atoms with Crippen LogP contribution in [-0.2, 0) is 4.79 Å². The molecule has 3 aliphatic rings. The molecule has 0 aromatic carbocycles. The molecule has 0 spiro atoms. The van der Waals surface area contributed by atoms with Crippen LogP contribution in [0.5, 0.6) is 0 Å². The van der Waals surface area contributed by atoms with Gasteiger partial charge < -0.3 is 5.32 Å². The van der Waals surface area contributed by atoms with Crippen LogP contribution >= 0.6 is 11.6 Å². The fourth-order valence-corrected chi connectivity index (χ4v) is 6.44. The van der Waals surface area contributed by atoms with Crippen molar-refractivity contribution >= 4 is 22.7 Å². The molecule has 3 nitrogen and oxygen atoms in total. The van der Waals surface area contributed by atoms with Gasteiger partial charge in [-0.2, -0.15) is 0 Å². The highest BCUT2D eigenvalue weighted by atomic mass is 35.5. The van der Waals surface area contributed by atoms with Crippen molar-refractivity contribution in [1.82, 2.24) is 5.32 Å². The van der Waals surface area contributed by atoms with Gasteiger partial charge in [-0.25, -0.2) is 0 Å². The number of amides is 1.